The molecular weight excluding hydrogens is 200 g/mol. The lowest BCUT2D eigenvalue weighted by molar-refractivity contribution is 1.31. The molecule has 1 heteroatoms. The van der Waals surface area contributed by atoms with Gasteiger partial charge in [0.1, 0.15) is 0 Å². The van der Waals surface area contributed by atoms with Gasteiger partial charge >= 0.3 is 0 Å². The number of hydrogen-bond acceptors (Lipinski definition) is 1. The molecule has 0 fully saturated rings. The summed E-state index contributed by atoms with van der Waals surface area (Å²) in [5, 5.41) is 0. The summed E-state index contributed by atoms with van der Waals surface area (Å²) in [7, 11) is 0. The van der Waals surface area contributed by atoms with E-state index in [1.165, 1.54) is 22.3 Å². The van der Waals surface area contributed by atoms with Gasteiger partial charge in [-0.2, -0.15) is 0 Å². The Kier molecular flexibility index (Phi) is 2.83. The maximum atomic E-state index is 4.56. The zero-order valence-electron chi connectivity index (χ0n) is 8.99. The van der Waals surface area contributed by atoms with Crippen LogP contribution in [-0.4, -0.2) is 0 Å². The van der Waals surface area contributed by atoms with Crippen LogP contribution in [0.15, 0.2) is 47.4 Å². The first-order chi connectivity index (χ1) is 7.18. The molecule has 0 heterocycles. The quantitative estimate of drug-likeness (QED) is 0.674. The molecule has 0 aromatic heterocycles. The van der Waals surface area contributed by atoms with Gasteiger partial charge in [-0.3, -0.25) is 0 Å². The van der Waals surface area contributed by atoms with E-state index < -0.39 is 0 Å². The van der Waals surface area contributed by atoms with E-state index in [9.17, 15) is 0 Å². The predicted molar refractivity (Wildman–Crippen MR) is 68.6 cm³/mol. The Morgan fingerprint density at radius 1 is 0.933 bits per heavy atom. The summed E-state index contributed by atoms with van der Waals surface area (Å²) < 4.78 is 0. The van der Waals surface area contributed by atoms with Gasteiger partial charge < -0.3 is 0 Å². The molecule has 2 aromatic carbocycles. The maximum Gasteiger partial charge on any atom is 0.0148 e. The van der Waals surface area contributed by atoms with E-state index in [1.54, 1.807) is 0 Å². The minimum absolute atomic E-state index is 1.07. The molecule has 0 aliphatic carbocycles. The summed E-state index contributed by atoms with van der Waals surface area (Å²) in [6.07, 6.45) is 0. The third kappa shape index (κ3) is 2.07. The minimum atomic E-state index is 1.07. The van der Waals surface area contributed by atoms with E-state index in [-0.39, 0.29) is 0 Å². The van der Waals surface area contributed by atoms with Crippen molar-refractivity contribution in [3.05, 3.63) is 53.6 Å². The predicted octanol–water partition coefficient (Wildman–Crippen LogP) is 4.26. The van der Waals surface area contributed by atoms with Crippen molar-refractivity contribution in [2.24, 2.45) is 0 Å². The van der Waals surface area contributed by atoms with Crippen LogP contribution in [0.25, 0.3) is 11.1 Å². The Labute approximate surface area is 96.4 Å². The van der Waals surface area contributed by atoms with Crippen molar-refractivity contribution >= 4 is 12.6 Å². The van der Waals surface area contributed by atoms with Gasteiger partial charge in [-0.1, -0.05) is 48.0 Å². The Morgan fingerprint density at radius 2 is 1.67 bits per heavy atom. The van der Waals surface area contributed by atoms with Crippen molar-refractivity contribution in [1.82, 2.24) is 0 Å². The summed E-state index contributed by atoms with van der Waals surface area (Å²) in [5.74, 6) is 0. The molecule has 0 amide bonds. The number of aryl methyl sites for hydroxylation is 2. The van der Waals surface area contributed by atoms with Crippen LogP contribution in [0.1, 0.15) is 11.1 Å². The van der Waals surface area contributed by atoms with Gasteiger partial charge in [0.05, 0.1) is 0 Å². The highest BCUT2D eigenvalue weighted by molar-refractivity contribution is 7.80. The number of rotatable bonds is 1. The third-order valence-electron chi connectivity index (χ3n) is 2.57. The van der Waals surface area contributed by atoms with E-state index in [2.05, 4.69) is 68.9 Å². The second-order valence-corrected chi connectivity index (χ2v) is 4.29. The monoisotopic (exact) mass is 214 g/mol. The lowest BCUT2D eigenvalue weighted by atomic mass is 10.0. The highest BCUT2D eigenvalue weighted by Gasteiger charge is 2.03. The van der Waals surface area contributed by atoms with Crippen molar-refractivity contribution in [2.75, 3.05) is 0 Å². The molecule has 2 aromatic rings. The molecule has 0 unspecified atom stereocenters. The summed E-state index contributed by atoms with van der Waals surface area (Å²) in [6.45, 7) is 4.19. The molecule has 0 atom stereocenters. The van der Waals surface area contributed by atoms with Gasteiger partial charge in [0, 0.05) is 4.90 Å². The van der Waals surface area contributed by atoms with Crippen molar-refractivity contribution in [3.8, 4) is 11.1 Å². The fourth-order valence-corrected chi connectivity index (χ4v) is 1.98. The average Bonchev–Trinajstić information content (AvgIpc) is 2.22. The molecular formula is C14H14S. The zero-order valence-corrected chi connectivity index (χ0v) is 9.88. The third-order valence-corrected chi connectivity index (χ3v) is 3.16. The second-order valence-electron chi connectivity index (χ2n) is 3.84. The van der Waals surface area contributed by atoms with Crippen LogP contribution < -0.4 is 0 Å². The normalized spacial score (nSPS) is 10.3. The number of benzene rings is 2. The van der Waals surface area contributed by atoms with E-state index in [0.29, 0.717) is 0 Å². The Hall–Kier alpha value is -1.21. The molecule has 0 saturated carbocycles. The second kappa shape index (κ2) is 4.11. The van der Waals surface area contributed by atoms with Crippen LogP contribution >= 0.6 is 12.6 Å². The molecule has 0 radical (unpaired) electrons. The van der Waals surface area contributed by atoms with Crippen LogP contribution in [0.3, 0.4) is 0 Å². The van der Waals surface area contributed by atoms with Crippen molar-refractivity contribution in [1.29, 1.82) is 0 Å². The molecule has 0 N–H and O–H groups in total. The van der Waals surface area contributed by atoms with Gasteiger partial charge in [0.15, 0.2) is 0 Å². The van der Waals surface area contributed by atoms with Crippen molar-refractivity contribution in [3.63, 3.8) is 0 Å². The van der Waals surface area contributed by atoms with Crippen LogP contribution in [-0.2, 0) is 0 Å². The van der Waals surface area contributed by atoms with Crippen molar-refractivity contribution < 1.29 is 0 Å². The fourth-order valence-electron chi connectivity index (χ4n) is 1.70. The lowest BCUT2D eigenvalue weighted by Gasteiger charge is -2.08. The molecule has 15 heavy (non-hydrogen) atoms. The Bertz CT molecular complexity index is 486. The van der Waals surface area contributed by atoms with E-state index in [0.717, 1.165) is 4.90 Å². The first-order valence-electron chi connectivity index (χ1n) is 5.04. The topological polar surface area (TPSA) is 0 Å². The Balaban J connectivity index is 2.59. The summed E-state index contributed by atoms with van der Waals surface area (Å²) in [4.78, 5) is 1.07. The minimum Gasteiger partial charge on any atom is -0.143 e. The standard InChI is InChI=1S/C14H14S/c1-10-5-3-7-12(9-10)13-8-4-6-11(2)14(13)15/h3-9,15H,1-2H3. The van der Waals surface area contributed by atoms with E-state index in [4.69, 9.17) is 0 Å². The van der Waals surface area contributed by atoms with Gasteiger partial charge in [0.2, 0.25) is 0 Å². The van der Waals surface area contributed by atoms with Gasteiger partial charge in [0.25, 0.3) is 0 Å². The molecule has 76 valence electrons. The SMILES string of the molecule is Cc1cccc(-c2cccc(C)c2S)c1. The fraction of sp³-hybridized carbons (Fsp3) is 0.143. The Morgan fingerprint density at radius 3 is 2.40 bits per heavy atom. The molecule has 0 nitrogen and oxygen atoms in total. The number of thiol groups is 1. The zero-order chi connectivity index (χ0) is 10.8. The van der Waals surface area contributed by atoms with Crippen LogP contribution in [0.2, 0.25) is 0 Å². The van der Waals surface area contributed by atoms with Crippen LogP contribution in [0, 0.1) is 13.8 Å². The average molecular weight is 214 g/mol. The van der Waals surface area contributed by atoms with Gasteiger partial charge in [-0.25, -0.2) is 0 Å². The van der Waals surface area contributed by atoms with E-state index in [1.807, 2.05) is 0 Å². The first kappa shape index (κ1) is 10.3. The highest BCUT2D eigenvalue weighted by Crippen LogP contribution is 2.29. The lowest BCUT2D eigenvalue weighted by Crippen LogP contribution is -1.84. The largest absolute Gasteiger partial charge is 0.143 e. The first-order valence-corrected chi connectivity index (χ1v) is 5.49. The summed E-state index contributed by atoms with van der Waals surface area (Å²) in [5.41, 5.74) is 4.95. The van der Waals surface area contributed by atoms with Gasteiger partial charge in [-0.15, -0.1) is 12.6 Å². The van der Waals surface area contributed by atoms with Crippen molar-refractivity contribution in [2.45, 2.75) is 18.7 Å². The number of hydrogen-bond donors (Lipinski definition) is 1. The molecule has 0 aliphatic rings. The molecule has 0 aliphatic heterocycles. The summed E-state index contributed by atoms with van der Waals surface area (Å²) in [6, 6.07) is 14.8. The highest BCUT2D eigenvalue weighted by atomic mass is 32.1. The summed E-state index contributed by atoms with van der Waals surface area (Å²) >= 11 is 4.56. The smallest absolute Gasteiger partial charge is 0.0148 e. The molecule has 0 saturated heterocycles. The molecule has 0 bridgehead atoms. The van der Waals surface area contributed by atoms with Gasteiger partial charge in [-0.05, 0) is 30.5 Å². The molecule has 0 spiro atoms. The maximum absolute atomic E-state index is 4.56. The molecule has 2 rings (SSSR count). The van der Waals surface area contributed by atoms with Crippen LogP contribution in [0.5, 0.6) is 0 Å². The van der Waals surface area contributed by atoms with Crippen LogP contribution in [0.4, 0.5) is 0 Å². The van der Waals surface area contributed by atoms with E-state index >= 15 is 0 Å².